The molecule has 3 aliphatic rings. The summed E-state index contributed by atoms with van der Waals surface area (Å²) in [6, 6.07) is 49.1. The molecule has 3 fully saturated rings. The zero-order chi connectivity index (χ0) is 55.4. The molecule has 16 nitrogen and oxygen atoms in total. The second kappa shape index (κ2) is 21.0. The zero-order valence-electron chi connectivity index (χ0n) is 46.0. The first-order valence-corrected chi connectivity index (χ1v) is 28.3. The highest BCUT2D eigenvalue weighted by molar-refractivity contribution is 5.96. The number of nitrogen functional groups attached to an aromatic ring is 1. The Balaban J connectivity index is 0.795. The van der Waals surface area contributed by atoms with E-state index < -0.39 is 5.54 Å². The van der Waals surface area contributed by atoms with E-state index in [9.17, 15) is 4.79 Å². The number of pyridine rings is 4. The number of carbonyl (C=O) groups excluding carboxylic acids is 1. The van der Waals surface area contributed by atoms with Gasteiger partial charge in [-0.05, 0) is 167 Å². The van der Waals surface area contributed by atoms with Gasteiger partial charge in [0.2, 0.25) is 0 Å². The highest BCUT2D eigenvalue weighted by Crippen LogP contribution is 2.44. The molecule has 0 atom stereocenters. The fraction of sp³-hybridized carbons (Fsp3) is 0.277. The Labute approximate surface area is 471 Å². The second-order valence-corrected chi connectivity index (χ2v) is 22.0. The van der Waals surface area contributed by atoms with Crippen molar-refractivity contribution in [2.75, 3.05) is 49.2 Å². The number of piperidine rings is 1. The standard InChI is InChI=1S/C65H66N14O2/c1-4-76(5-2)63(80)43-13-6-11-41(37-43)53-25-27-55-61(72-53)78(59(74-55)51-15-8-33-69-57(51)66)47-23-19-45(20-24-47)65(68)39-46(40-65)71-58-52(16-9-34-70-58)60-75-56-28-26-54(42-12-7-14-49(38-42)77-35-29-50(81-3)30-36-77)73-62(56)79(60)48-21-17-44(18-22-48)64(67)31-10-32-64/h6-9,11-28,33-34,37-38,46,50H,4-5,10,29-32,35-36,39-40,67-68H2,1-3H3,(H2,66,69)(H,70,71). The molecule has 7 heterocycles. The topological polar surface area (TPSA) is 210 Å². The number of nitrogens with one attached hydrogen (secondary N) is 1. The summed E-state index contributed by atoms with van der Waals surface area (Å²) in [6.07, 6.45) is 10.2. The summed E-state index contributed by atoms with van der Waals surface area (Å²) in [5.74, 6) is 2.40. The molecule has 16 heteroatoms. The van der Waals surface area contributed by atoms with Crippen LogP contribution in [-0.2, 0) is 15.8 Å². The van der Waals surface area contributed by atoms with Gasteiger partial charge in [0.15, 0.2) is 22.9 Å². The van der Waals surface area contributed by atoms with Gasteiger partial charge in [0, 0.05) is 96.6 Å². The maximum absolute atomic E-state index is 13.4. The summed E-state index contributed by atoms with van der Waals surface area (Å²) in [7, 11) is 1.81. The summed E-state index contributed by atoms with van der Waals surface area (Å²) in [4.78, 5) is 48.0. The van der Waals surface area contributed by atoms with E-state index in [4.69, 9.17) is 46.9 Å². The summed E-state index contributed by atoms with van der Waals surface area (Å²) in [6.45, 7) is 7.13. The van der Waals surface area contributed by atoms with Crippen LogP contribution in [-0.4, -0.2) is 95.3 Å². The third kappa shape index (κ3) is 9.52. The highest BCUT2D eigenvalue weighted by Gasteiger charge is 2.43. The predicted molar refractivity (Wildman–Crippen MR) is 321 cm³/mol. The lowest BCUT2D eigenvalue weighted by molar-refractivity contribution is 0.0773. The molecule has 408 valence electrons. The normalized spacial score (nSPS) is 17.9. The zero-order valence-corrected chi connectivity index (χ0v) is 46.0. The van der Waals surface area contributed by atoms with Gasteiger partial charge in [0.05, 0.1) is 28.6 Å². The van der Waals surface area contributed by atoms with Crippen LogP contribution in [0.2, 0.25) is 0 Å². The maximum Gasteiger partial charge on any atom is 0.253 e. The van der Waals surface area contributed by atoms with Gasteiger partial charge in [-0.3, -0.25) is 13.9 Å². The average molecular weight is 1080 g/mol. The van der Waals surface area contributed by atoms with E-state index in [-0.39, 0.29) is 17.5 Å². The predicted octanol–water partition coefficient (Wildman–Crippen LogP) is 11.1. The number of hydrogen-bond donors (Lipinski definition) is 4. The minimum absolute atomic E-state index is 0.0151. The van der Waals surface area contributed by atoms with Crippen molar-refractivity contribution in [3.63, 3.8) is 0 Å². The molecule has 2 aliphatic carbocycles. The monoisotopic (exact) mass is 1070 g/mol. The first kappa shape index (κ1) is 51.6. The third-order valence-electron chi connectivity index (χ3n) is 17.1. The Morgan fingerprint density at radius 1 is 0.642 bits per heavy atom. The fourth-order valence-electron chi connectivity index (χ4n) is 12.2. The van der Waals surface area contributed by atoms with Crippen LogP contribution in [0.3, 0.4) is 0 Å². The number of aromatic nitrogens is 8. The van der Waals surface area contributed by atoms with E-state index >= 15 is 0 Å². The smallest absolute Gasteiger partial charge is 0.253 e. The average Bonchev–Trinajstić information content (AvgIpc) is 4.16. The van der Waals surface area contributed by atoms with Crippen LogP contribution in [0.15, 0.2) is 158 Å². The largest absolute Gasteiger partial charge is 0.383 e. The van der Waals surface area contributed by atoms with Crippen molar-refractivity contribution in [3.8, 4) is 56.7 Å². The first-order chi connectivity index (χ1) is 39.5. The SMILES string of the molecule is CCN(CC)C(=O)c1cccc(-c2ccc3nc(-c4cccnc4N)n(-c4ccc(C5(N)CC(Nc6ncccc6-c6nc7ccc(-c8cccc(N9CCC(OC)CC9)c8)nc7n6-c6ccc(C7(N)CCC7)cc6)C5)cc4)c3n2)c1. The fourth-order valence-corrected chi connectivity index (χ4v) is 12.2. The molecule has 81 heavy (non-hydrogen) atoms. The molecule has 6 aromatic heterocycles. The van der Waals surface area contributed by atoms with E-state index in [0.717, 1.165) is 113 Å². The highest BCUT2D eigenvalue weighted by atomic mass is 16.5. The number of ether oxygens (including phenoxy) is 1. The lowest BCUT2D eigenvalue weighted by Crippen LogP contribution is -2.54. The minimum Gasteiger partial charge on any atom is -0.383 e. The molecular weight excluding hydrogens is 1010 g/mol. The van der Waals surface area contributed by atoms with Crippen LogP contribution in [0.25, 0.3) is 79.0 Å². The lowest BCUT2D eigenvalue weighted by Gasteiger charge is -2.46. The Morgan fingerprint density at radius 2 is 1.21 bits per heavy atom. The lowest BCUT2D eigenvalue weighted by atomic mass is 9.69. The Hall–Kier alpha value is -8.83. The molecule has 2 saturated carbocycles. The van der Waals surface area contributed by atoms with Crippen molar-refractivity contribution in [2.24, 2.45) is 11.5 Å². The van der Waals surface area contributed by atoms with Crippen molar-refractivity contribution >= 4 is 45.6 Å². The number of nitrogens with two attached hydrogens (primary N) is 3. The van der Waals surface area contributed by atoms with Gasteiger partial charge < -0.3 is 37.1 Å². The van der Waals surface area contributed by atoms with Gasteiger partial charge in [-0.2, -0.15) is 0 Å². The molecule has 0 spiro atoms. The third-order valence-corrected chi connectivity index (χ3v) is 17.1. The van der Waals surface area contributed by atoms with Crippen LogP contribution < -0.4 is 27.4 Å². The number of carbonyl (C=O) groups is 1. The van der Waals surface area contributed by atoms with Crippen LogP contribution in [0.1, 0.15) is 80.3 Å². The van der Waals surface area contributed by atoms with Gasteiger partial charge in [-0.25, -0.2) is 29.9 Å². The van der Waals surface area contributed by atoms with Crippen LogP contribution >= 0.6 is 0 Å². The van der Waals surface area contributed by atoms with E-state index in [0.29, 0.717) is 71.7 Å². The molecule has 1 aliphatic heterocycles. The van der Waals surface area contributed by atoms with Gasteiger partial charge in [0.1, 0.15) is 22.7 Å². The van der Waals surface area contributed by atoms with Crippen molar-refractivity contribution in [1.29, 1.82) is 0 Å². The van der Waals surface area contributed by atoms with Gasteiger partial charge in [0.25, 0.3) is 5.91 Å². The molecule has 7 N–H and O–H groups in total. The number of imidazole rings is 2. The molecular formula is C65H66N14O2. The number of fused-ring (bicyclic) bond motifs is 2. The van der Waals surface area contributed by atoms with Gasteiger partial charge in [-0.15, -0.1) is 0 Å². The summed E-state index contributed by atoms with van der Waals surface area (Å²) in [5.41, 5.74) is 33.3. The number of rotatable bonds is 15. The molecule has 0 bridgehead atoms. The van der Waals surface area contributed by atoms with Crippen molar-refractivity contribution < 1.29 is 9.53 Å². The van der Waals surface area contributed by atoms with Crippen LogP contribution in [0.5, 0.6) is 0 Å². The van der Waals surface area contributed by atoms with Crippen LogP contribution in [0, 0.1) is 0 Å². The Bertz CT molecular complexity index is 3960. The second-order valence-electron chi connectivity index (χ2n) is 22.0. The maximum atomic E-state index is 13.4. The van der Waals surface area contributed by atoms with Gasteiger partial charge >= 0.3 is 0 Å². The Kier molecular flexibility index (Phi) is 13.4. The first-order valence-electron chi connectivity index (χ1n) is 28.3. The van der Waals surface area contributed by atoms with E-state index in [2.05, 4.69) is 111 Å². The molecule has 1 saturated heterocycles. The molecule has 4 aromatic carbocycles. The van der Waals surface area contributed by atoms with E-state index in [1.54, 1.807) is 13.3 Å². The summed E-state index contributed by atoms with van der Waals surface area (Å²) in [5, 5.41) is 3.79. The van der Waals surface area contributed by atoms with Crippen molar-refractivity contribution in [3.05, 3.63) is 175 Å². The Morgan fingerprint density at radius 3 is 1.79 bits per heavy atom. The van der Waals surface area contributed by atoms with Gasteiger partial charge in [-0.1, -0.05) is 48.5 Å². The number of benzene rings is 4. The van der Waals surface area contributed by atoms with Crippen molar-refractivity contribution in [2.45, 2.75) is 82.0 Å². The minimum atomic E-state index is -0.606. The molecule has 13 rings (SSSR count). The number of methoxy groups -OCH3 is 1. The van der Waals surface area contributed by atoms with Crippen molar-refractivity contribution in [1.82, 2.24) is 43.9 Å². The number of nitrogens with zero attached hydrogens (tertiary/aromatic N) is 10. The molecule has 0 radical (unpaired) electrons. The number of amides is 1. The number of anilines is 3. The number of hydrogen-bond acceptors (Lipinski definition) is 13. The van der Waals surface area contributed by atoms with E-state index in [1.165, 1.54) is 5.69 Å². The molecule has 0 unspecified atom stereocenters. The molecule has 10 aromatic rings. The van der Waals surface area contributed by atoms with Crippen LogP contribution in [0.4, 0.5) is 17.3 Å². The summed E-state index contributed by atoms with van der Waals surface area (Å²) >= 11 is 0. The van der Waals surface area contributed by atoms with E-state index in [1.807, 2.05) is 84.1 Å². The summed E-state index contributed by atoms with van der Waals surface area (Å²) < 4.78 is 9.84. The molecule has 1 amide bonds. The quantitative estimate of drug-likeness (QED) is 0.0754.